The molecule has 0 fully saturated rings. The first-order valence-corrected chi connectivity index (χ1v) is 5.61. The highest BCUT2D eigenvalue weighted by Gasteiger charge is 2.09. The Morgan fingerprint density at radius 2 is 2.21 bits per heavy atom. The zero-order valence-corrected chi connectivity index (χ0v) is 10.7. The van der Waals surface area contributed by atoms with E-state index in [0.717, 1.165) is 0 Å². The van der Waals surface area contributed by atoms with Crippen LogP contribution in [0.4, 0.5) is 21.8 Å². The number of hydrogen-bond acceptors (Lipinski definition) is 6. The largest absolute Gasteiger partial charge is 0.497 e. The first-order chi connectivity index (χ1) is 9.13. The van der Waals surface area contributed by atoms with Gasteiger partial charge in [-0.15, -0.1) is 0 Å². The standard InChI is InChI=1S/C11H11ClFN5O/c1-19-6-2-3-8(13)9(4-6)16-10-7(12)5-15-11(17-10)18-14/h2-5H,14H2,1H3,(H2,15,16,17,18). The van der Waals surface area contributed by atoms with Gasteiger partial charge in [-0.25, -0.2) is 15.2 Å². The van der Waals surface area contributed by atoms with E-state index in [9.17, 15) is 4.39 Å². The normalized spacial score (nSPS) is 10.1. The van der Waals surface area contributed by atoms with Gasteiger partial charge in [0.15, 0.2) is 5.82 Å². The van der Waals surface area contributed by atoms with E-state index in [1.165, 1.54) is 31.5 Å². The van der Waals surface area contributed by atoms with Crippen LogP contribution < -0.4 is 21.3 Å². The lowest BCUT2D eigenvalue weighted by Crippen LogP contribution is -2.11. The molecule has 2 rings (SSSR count). The molecule has 4 N–H and O–H groups in total. The molecule has 19 heavy (non-hydrogen) atoms. The number of anilines is 3. The Kier molecular flexibility index (Phi) is 3.98. The van der Waals surface area contributed by atoms with Gasteiger partial charge in [0, 0.05) is 6.07 Å². The number of nitrogens with one attached hydrogen (secondary N) is 2. The van der Waals surface area contributed by atoms with Crippen LogP contribution in [0.25, 0.3) is 0 Å². The molecule has 2 aromatic rings. The summed E-state index contributed by atoms with van der Waals surface area (Å²) in [7, 11) is 1.49. The highest BCUT2D eigenvalue weighted by molar-refractivity contribution is 6.32. The van der Waals surface area contributed by atoms with Crippen LogP contribution >= 0.6 is 11.6 Å². The highest BCUT2D eigenvalue weighted by atomic mass is 35.5. The summed E-state index contributed by atoms with van der Waals surface area (Å²) in [6.07, 6.45) is 1.35. The summed E-state index contributed by atoms with van der Waals surface area (Å²) in [6, 6.07) is 4.27. The smallest absolute Gasteiger partial charge is 0.239 e. The van der Waals surface area contributed by atoms with Crippen molar-refractivity contribution in [3.05, 3.63) is 35.2 Å². The number of hydrogen-bond donors (Lipinski definition) is 3. The van der Waals surface area contributed by atoms with Crippen molar-refractivity contribution in [1.82, 2.24) is 9.97 Å². The van der Waals surface area contributed by atoms with Crippen LogP contribution in [0.5, 0.6) is 5.75 Å². The van der Waals surface area contributed by atoms with E-state index in [1.54, 1.807) is 0 Å². The van der Waals surface area contributed by atoms with Crippen LogP contribution in [0, 0.1) is 5.82 Å². The molecule has 0 amide bonds. The number of rotatable bonds is 4. The minimum atomic E-state index is -0.460. The quantitative estimate of drug-likeness (QED) is 0.590. The molecule has 8 heteroatoms. The molecule has 1 aromatic carbocycles. The number of halogens is 2. The second-order valence-corrected chi connectivity index (χ2v) is 3.91. The maximum atomic E-state index is 13.7. The molecule has 6 nitrogen and oxygen atoms in total. The molecule has 1 aromatic heterocycles. The van der Waals surface area contributed by atoms with Crippen LogP contribution in [-0.4, -0.2) is 17.1 Å². The van der Waals surface area contributed by atoms with Crippen LogP contribution in [0.3, 0.4) is 0 Å². The van der Waals surface area contributed by atoms with E-state index >= 15 is 0 Å². The van der Waals surface area contributed by atoms with Crippen molar-refractivity contribution in [2.45, 2.75) is 0 Å². The second-order valence-electron chi connectivity index (χ2n) is 3.51. The number of ether oxygens (including phenoxy) is 1. The van der Waals surface area contributed by atoms with Crippen LogP contribution in [-0.2, 0) is 0 Å². The molecular weight excluding hydrogens is 273 g/mol. The first kappa shape index (κ1) is 13.3. The molecule has 100 valence electrons. The van der Waals surface area contributed by atoms with Gasteiger partial charge in [-0.3, -0.25) is 5.43 Å². The highest BCUT2D eigenvalue weighted by Crippen LogP contribution is 2.27. The zero-order valence-electron chi connectivity index (χ0n) is 9.95. The van der Waals surface area contributed by atoms with Gasteiger partial charge in [-0.1, -0.05) is 11.6 Å². The third-order valence-corrected chi connectivity index (χ3v) is 2.58. The molecule has 0 bridgehead atoms. The Bertz CT molecular complexity index is 544. The minimum absolute atomic E-state index is 0.162. The first-order valence-electron chi connectivity index (χ1n) is 5.23. The molecule has 0 radical (unpaired) electrons. The summed E-state index contributed by atoms with van der Waals surface area (Å²) in [4.78, 5) is 7.80. The van der Waals surface area contributed by atoms with Crippen molar-refractivity contribution in [2.24, 2.45) is 5.84 Å². The topological polar surface area (TPSA) is 85.1 Å². The van der Waals surface area contributed by atoms with Crippen molar-refractivity contribution in [3.8, 4) is 5.75 Å². The number of nitrogens with zero attached hydrogens (tertiary/aromatic N) is 2. The Hall–Kier alpha value is -2.12. The Labute approximate surface area is 113 Å². The molecule has 0 atom stereocenters. The van der Waals surface area contributed by atoms with Crippen LogP contribution in [0.1, 0.15) is 0 Å². The number of aromatic nitrogens is 2. The number of nitrogens with two attached hydrogens (primary N) is 1. The van der Waals surface area contributed by atoms with Gasteiger partial charge in [0.25, 0.3) is 0 Å². The summed E-state index contributed by atoms with van der Waals surface area (Å²) in [5.74, 6) is 5.64. The molecule has 0 aliphatic heterocycles. The van der Waals surface area contributed by atoms with E-state index in [0.29, 0.717) is 5.75 Å². The van der Waals surface area contributed by atoms with Gasteiger partial charge in [0.05, 0.1) is 19.0 Å². The Morgan fingerprint density at radius 1 is 1.42 bits per heavy atom. The average molecular weight is 284 g/mol. The molecule has 0 aliphatic carbocycles. The van der Waals surface area contributed by atoms with Crippen molar-refractivity contribution >= 4 is 29.1 Å². The van der Waals surface area contributed by atoms with E-state index in [1.807, 2.05) is 0 Å². The Balaban J connectivity index is 2.35. The molecule has 0 aliphatic rings. The second kappa shape index (κ2) is 5.68. The number of methoxy groups -OCH3 is 1. The zero-order chi connectivity index (χ0) is 13.8. The molecule has 0 saturated heterocycles. The summed E-state index contributed by atoms with van der Waals surface area (Å²) in [5, 5.41) is 2.99. The average Bonchev–Trinajstić information content (AvgIpc) is 2.43. The van der Waals surface area contributed by atoms with Crippen LogP contribution in [0.2, 0.25) is 5.02 Å². The summed E-state index contributed by atoms with van der Waals surface area (Å²) < 4.78 is 18.7. The van der Waals surface area contributed by atoms with E-state index in [-0.39, 0.29) is 22.5 Å². The van der Waals surface area contributed by atoms with Crippen LogP contribution in [0.15, 0.2) is 24.4 Å². The maximum Gasteiger partial charge on any atom is 0.239 e. The number of nitrogen functional groups attached to an aromatic ring is 1. The predicted molar refractivity (Wildman–Crippen MR) is 71.1 cm³/mol. The summed E-state index contributed by atoms with van der Waals surface area (Å²) in [6.45, 7) is 0. The monoisotopic (exact) mass is 283 g/mol. The molecule has 0 saturated carbocycles. The molecule has 0 spiro atoms. The van der Waals surface area contributed by atoms with E-state index < -0.39 is 5.82 Å². The van der Waals surface area contributed by atoms with Crippen molar-refractivity contribution in [1.29, 1.82) is 0 Å². The lowest BCUT2D eigenvalue weighted by molar-refractivity contribution is 0.414. The number of hydrazine groups is 1. The fourth-order valence-corrected chi connectivity index (χ4v) is 1.52. The van der Waals surface area contributed by atoms with Gasteiger partial charge in [-0.2, -0.15) is 4.98 Å². The third kappa shape index (κ3) is 3.01. The van der Waals surface area contributed by atoms with Gasteiger partial charge < -0.3 is 10.1 Å². The van der Waals surface area contributed by atoms with Gasteiger partial charge in [-0.05, 0) is 12.1 Å². The third-order valence-electron chi connectivity index (χ3n) is 2.30. The SMILES string of the molecule is COc1ccc(F)c(Nc2nc(NN)ncc2Cl)c1. The summed E-state index contributed by atoms with van der Waals surface area (Å²) in [5.41, 5.74) is 2.46. The van der Waals surface area contributed by atoms with Gasteiger partial charge in [0.2, 0.25) is 5.95 Å². The number of benzene rings is 1. The maximum absolute atomic E-state index is 13.7. The van der Waals surface area contributed by atoms with Gasteiger partial charge in [0.1, 0.15) is 16.6 Å². The van der Waals surface area contributed by atoms with Crippen molar-refractivity contribution in [3.63, 3.8) is 0 Å². The fourth-order valence-electron chi connectivity index (χ4n) is 1.38. The molecule has 0 unspecified atom stereocenters. The van der Waals surface area contributed by atoms with Crippen molar-refractivity contribution < 1.29 is 9.13 Å². The molecular formula is C11H11ClFN5O. The lowest BCUT2D eigenvalue weighted by atomic mass is 10.3. The fraction of sp³-hybridized carbons (Fsp3) is 0.0909. The van der Waals surface area contributed by atoms with Crippen molar-refractivity contribution in [2.75, 3.05) is 17.9 Å². The van der Waals surface area contributed by atoms with E-state index in [4.69, 9.17) is 22.2 Å². The lowest BCUT2D eigenvalue weighted by Gasteiger charge is -2.10. The summed E-state index contributed by atoms with van der Waals surface area (Å²) >= 11 is 5.92. The Morgan fingerprint density at radius 3 is 2.89 bits per heavy atom. The van der Waals surface area contributed by atoms with E-state index in [2.05, 4.69) is 20.7 Å². The minimum Gasteiger partial charge on any atom is -0.497 e. The molecule has 1 heterocycles. The predicted octanol–water partition coefficient (Wildman–Crippen LogP) is 2.31. The van der Waals surface area contributed by atoms with Gasteiger partial charge >= 0.3 is 0 Å².